The first-order chi connectivity index (χ1) is 8.22. The molecule has 0 aromatic heterocycles. The molecule has 17 heavy (non-hydrogen) atoms. The van der Waals surface area contributed by atoms with Gasteiger partial charge in [-0.2, -0.15) is 11.8 Å². The minimum absolute atomic E-state index is 0.214. The highest BCUT2D eigenvalue weighted by Crippen LogP contribution is 2.29. The van der Waals surface area contributed by atoms with E-state index < -0.39 is 0 Å². The number of fused-ring (bicyclic) bond motifs is 1. The maximum atomic E-state index is 12.1. The molecule has 0 aliphatic carbocycles. The van der Waals surface area contributed by atoms with Gasteiger partial charge in [0, 0.05) is 30.1 Å². The van der Waals surface area contributed by atoms with Gasteiger partial charge in [0.05, 0.1) is 0 Å². The molecule has 1 aliphatic heterocycles. The largest absolute Gasteiger partial charge is 0.399 e. The first kappa shape index (κ1) is 12.3. The van der Waals surface area contributed by atoms with Crippen LogP contribution in [-0.4, -0.2) is 24.5 Å². The molecule has 2 rings (SSSR count). The first-order valence-electron chi connectivity index (χ1n) is 5.90. The zero-order valence-electron chi connectivity index (χ0n) is 10.1. The Morgan fingerprint density at radius 3 is 3.12 bits per heavy atom. The van der Waals surface area contributed by atoms with Crippen molar-refractivity contribution in [3.63, 3.8) is 0 Å². The van der Waals surface area contributed by atoms with Gasteiger partial charge in [0.1, 0.15) is 0 Å². The number of carbonyl (C=O) groups is 1. The summed E-state index contributed by atoms with van der Waals surface area (Å²) in [5.41, 5.74) is 8.79. The molecule has 1 aromatic carbocycles. The zero-order chi connectivity index (χ0) is 12.3. The van der Waals surface area contributed by atoms with E-state index in [1.807, 2.05) is 29.4 Å². The summed E-state index contributed by atoms with van der Waals surface area (Å²) in [7, 11) is 0. The maximum Gasteiger partial charge on any atom is 0.227 e. The lowest BCUT2D eigenvalue weighted by atomic mass is 10.0. The predicted octanol–water partition coefficient (Wildman–Crippen LogP) is 2.30. The average molecular weight is 250 g/mol. The highest BCUT2D eigenvalue weighted by atomic mass is 32.2. The molecular weight excluding hydrogens is 232 g/mol. The number of hydrogen-bond donors (Lipinski definition) is 1. The van der Waals surface area contributed by atoms with Crippen LogP contribution in [-0.2, 0) is 11.2 Å². The molecule has 4 heteroatoms. The van der Waals surface area contributed by atoms with E-state index in [4.69, 9.17) is 5.73 Å². The van der Waals surface area contributed by atoms with Crippen LogP contribution in [0, 0.1) is 0 Å². The Hall–Kier alpha value is -1.16. The Kier molecular flexibility index (Phi) is 3.94. The number of anilines is 2. The van der Waals surface area contributed by atoms with Gasteiger partial charge in [0.2, 0.25) is 5.91 Å². The molecular formula is C13H18N2OS. The number of nitrogens with zero attached hydrogens (tertiary/aromatic N) is 1. The van der Waals surface area contributed by atoms with Gasteiger partial charge in [-0.1, -0.05) is 6.07 Å². The van der Waals surface area contributed by atoms with Crippen molar-refractivity contribution in [2.75, 3.05) is 29.2 Å². The van der Waals surface area contributed by atoms with Crippen LogP contribution in [0.5, 0.6) is 0 Å². The Morgan fingerprint density at radius 1 is 1.53 bits per heavy atom. The summed E-state index contributed by atoms with van der Waals surface area (Å²) < 4.78 is 0. The van der Waals surface area contributed by atoms with Gasteiger partial charge >= 0.3 is 0 Å². The Labute approximate surface area is 106 Å². The number of benzene rings is 1. The van der Waals surface area contributed by atoms with Gasteiger partial charge in [0.15, 0.2) is 0 Å². The van der Waals surface area contributed by atoms with Crippen molar-refractivity contribution in [1.29, 1.82) is 0 Å². The molecule has 3 nitrogen and oxygen atoms in total. The molecule has 1 amide bonds. The summed E-state index contributed by atoms with van der Waals surface area (Å²) >= 11 is 1.71. The molecule has 0 bridgehead atoms. The number of aryl methyl sites for hydroxylation is 1. The molecule has 1 aromatic rings. The number of nitrogen functional groups attached to an aromatic ring is 1. The summed E-state index contributed by atoms with van der Waals surface area (Å²) in [5.74, 6) is 1.10. The van der Waals surface area contributed by atoms with Crippen LogP contribution in [0.25, 0.3) is 0 Å². The van der Waals surface area contributed by atoms with E-state index in [1.165, 1.54) is 5.56 Å². The topological polar surface area (TPSA) is 46.3 Å². The summed E-state index contributed by atoms with van der Waals surface area (Å²) in [6.07, 6.45) is 4.72. The van der Waals surface area contributed by atoms with E-state index >= 15 is 0 Å². The van der Waals surface area contributed by atoms with Crippen molar-refractivity contribution in [2.45, 2.75) is 19.3 Å². The number of rotatable bonds is 3. The zero-order valence-corrected chi connectivity index (χ0v) is 10.9. The Morgan fingerprint density at radius 2 is 2.35 bits per heavy atom. The van der Waals surface area contributed by atoms with Crippen LogP contribution in [0.4, 0.5) is 11.4 Å². The summed E-state index contributed by atoms with van der Waals surface area (Å²) in [6, 6.07) is 5.87. The maximum absolute atomic E-state index is 12.1. The number of carbonyl (C=O) groups excluding carboxylic acids is 1. The first-order valence-corrected chi connectivity index (χ1v) is 7.29. The second-order valence-corrected chi connectivity index (χ2v) is 5.27. The van der Waals surface area contributed by atoms with Crippen molar-refractivity contribution < 1.29 is 4.79 Å². The van der Waals surface area contributed by atoms with Crippen LogP contribution >= 0.6 is 11.8 Å². The fourth-order valence-electron chi connectivity index (χ4n) is 2.17. The van der Waals surface area contributed by atoms with Gasteiger partial charge in [0.25, 0.3) is 0 Å². The monoisotopic (exact) mass is 250 g/mol. The van der Waals surface area contributed by atoms with E-state index in [-0.39, 0.29) is 5.91 Å². The number of hydrogen-bond acceptors (Lipinski definition) is 3. The van der Waals surface area contributed by atoms with Crippen molar-refractivity contribution in [3.05, 3.63) is 23.8 Å². The lowest BCUT2D eigenvalue weighted by Crippen LogP contribution is -2.35. The van der Waals surface area contributed by atoms with Crippen LogP contribution in [0.2, 0.25) is 0 Å². The number of thioether (sulfide) groups is 1. The van der Waals surface area contributed by atoms with E-state index in [0.29, 0.717) is 6.42 Å². The SMILES string of the molecule is CSCCC(=O)N1CCCc2ccc(N)cc21. The molecule has 0 spiro atoms. The van der Waals surface area contributed by atoms with Crippen LogP contribution in [0.1, 0.15) is 18.4 Å². The minimum Gasteiger partial charge on any atom is -0.399 e. The van der Waals surface area contributed by atoms with Crippen molar-refractivity contribution in [2.24, 2.45) is 0 Å². The Bertz CT molecular complexity index is 420. The standard InChI is InChI=1S/C13H18N2OS/c1-17-8-6-13(16)15-7-2-3-10-4-5-11(14)9-12(10)15/h4-5,9H,2-3,6-8,14H2,1H3. The molecule has 0 saturated heterocycles. The second kappa shape index (κ2) is 5.45. The van der Waals surface area contributed by atoms with E-state index in [1.54, 1.807) is 11.8 Å². The molecule has 1 heterocycles. The molecule has 0 atom stereocenters. The number of amides is 1. The lowest BCUT2D eigenvalue weighted by Gasteiger charge is -2.29. The minimum atomic E-state index is 0.214. The Balaban J connectivity index is 2.21. The van der Waals surface area contributed by atoms with Gasteiger partial charge in [-0.15, -0.1) is 0 Å². The third kappa shape index (κ3) is 2.75. The molecule has 0 fully saturated rings. The van der Waals surface area contributed by atoms with Crippen molar-refractivity contribution >= 4 is 29.0 Å². The quantitative estimate of drug-likeness (QED) is 0.837. The second-order valence-electron chi connectivity index (χ2n) is 4.28. The third-order valence-corrected chi connectivity index (χ3v) is 3.66. The molecule has 0 radical (unpaired) electrons. The van der Waals surface area contributed by atoms with Gasteiger partial charge in [-0.25, -0.2) is 0 Å². The fraction of sp³-hybridized carbons (Fsp3) is 0.462. The summed E-state index contributed by atoms with van der Waals surface area (Å²) in [4.78, 5) is 14.0. The van der Waals surface area contributed by atoms with E-state index in [9.17, 15) is 4.79 Å². The van der Waals surface area contributed by atoms with Gasteiger partial charge in [-0.05, 0) is 36.8 Å². The lowest BCUT2D eigenvalue weighted by molar-refractivity contribution is -0.118. The molecule has 92 valence electrons. The third-order valence-electron chi connectivity index (χ3n) is 3.05. The summed E-state index contributed by atoms with van der Waals surface area (Å²) in [5, 5.41) is 0. The predicted molar refractivity (Wildman–Crippen MR) is 74.5 cm³/mol. The van der Waals surface area contributed by atoms with Gasteiger partial charge < -0.3 is 10.6 Å². The molecule has 0 unspecified atom stereocenters. The molecule has 1 aliphatic rings. The smallest absolute Gasteiger partial charge is 0.227 e. The summed E-state index contributed by atoms with van der Waals surface area (Å²) in [6.45, 7) is 0.823. The highest BCUT2D eigenvalue weighted by molar-refractivity contribution is 7.98. The van der Waals surface area contributed by atoms with E-state index in [2.05, 4.69) is 0 Å². The van der Waals surface area contributed by atoms with Crippen molar-refractivity contribution in [1.82, 2.24) is 0 Å². The van der Waals surface area contributed by atoms with Crippen LogP contribution < -0.4 is 10.6 Å². The van der Waals surface area contributed by atoms with E-state index in [0.717, 1.165) is 36.5 Å². The van der Waals surface area contributed by atoms with Crippen molar-refractivity contribution in [3.8, 4) is 0 Å². The fourth-order valence-corrected chi connectivity index (χ4v) is 2.55. The number of nitrogens with two attached hydrogens (primary N) is 1. The molecule has 2 N–H and O–H groups in total. The highest BCUT2D eigenvalue weighted by Gasteiger charge is 2.21. The average Bonchev–Trinajstić information content (AvgIpc) is 2.35. The van der Waals surface area contributed by atoms with Gasteiger partial charge in [-0.3, -0.25) is 4.79 Å². The molecule has 0 saturated carbocycles. The van der Waals surface area contributed by atoms with Crippen LogP contribution in [0.3, 0.4) is 0 Å². The normalized spacial score (nSPS) is 14.5. The van der Waals surface area contributed by atoms with Crippen LogP contribution in [0.15, 0.2) is 18.2 Å².